The van der Waals surface area contributed by atoms with Crippen molar-refractivity contribution in [3.63, 3.8) is 0 Å². The third-order valence-corrected chi connectivity index (χ3v) is 7.07. The maximum absolute atomic E-state index is 12.0. The van der Waals surface area contributed by atoms with Gasteiger partial charge in [0.15, 0.2) is 0 Å². The first-order chi connectivity index (χ1) is 17.5. The molecule has 4 aromatic rings. The van der Waals surface area contributed by atoms with E-state index in [2.05, 4.69) is 12.1 Å². The first-order valence-corrected chi connectivity index (χ1v) is 11.8. The van der Waals surface area contributed by atoms with Crippen molar-refractivity contribution < 1.29 is 33.6 Å². The highest BCUT2D eigenvalue weighted by Gasteiger charge is 2.46. The summed E-state index contributed by atoms with van der Waals surface area (Å²) in [6, 6.07) is 18.7. The highest BCUT2D eigenvalue weighted by Crippen LogP contribution is 2.46. The molecule has 5 rings (SSSR count). The molecular formula is C29H28O7. The van der Waals surface area contributed by atoms with Crippen LogP contribution in [0.5, 0.6) is 5.75 Å². The molecular weight excluding hydrogens is 460 g/mol. The molecule has 1 saturated carbocycles. The number of furan rings is 1. The topological polar surface area (TPSA) is 98.4 Å². The standard InChI is InChI=1S/C29H28O7/c1-33-22-14-29(15-22,34-2)20-6-3-5-18(11-20)17-36-21-8-9-23-19(12-21)13-24(28(31)32)25(16-30)27(23)26-7-4-10-35-26/h3-13,22,30H,14-17H2,1-2H3,(H,31,32). The molecule has 0 spiro atoms. The van der Waals surface area contributed by atoms with Crippen molar-refractivity contribution in [3.05, 3.63) is 89.2 Å². The number of rotatable bonds is 9. The highest BCUT2D eigenvalue weighted by molar-refractivity contribution is 6.04. The minimum absolute atomic E-state index is 0.0287. The van der Waals surface area contributed by atoms with Gasteiger partial charge in [-0.1, -0.05) is 18.2 Å². The van der Waals surface area contributed by atoms with Crippen molar-refractivity contribution in [1.29, 1.82) is 0 Å². The van der Waals surface area contributed by atoms with Crippen LogP contribution in [0.15, 0.2) is 71.3 Å². The monoisotopic (exact) mass is 488 g/mol. The summed E-state index contributed by atoms with van der Waals surface area (Å²) in [6.07, 6.45) is 3.35. The van der Waals surface area contributed by atoms with Crippen molar-refractivity contribution in [2.75, 3.05) is 14.2 Å². The van der Waals surface area contributed by atoms with Gasteiger partial charge in [-0.15, -0.1) is 0 Å². The van der Waals surface area contributed by atoms with E-state index in [4.69, 9.17) is 18.6 Å². The van der Waals surface area contributed by atoms with Crippen molar-refractivity contribution in [1.82, 2.24) is 0 Å². The van der Waals surface area contributed by atoms with Crippen LogP contribution in [0.25, 0.3) is 22.1 Å². The van der Waals surface area contributed by atoms with Crippen LogP contribution in [0, 0.1) is 0 Å². The van der Waals surface area contributed by atoms with Gasteiger partial charge in [-0.3, -0.25) is 0 Å². The normalized spacial score (nSPS) is 19.2. The van der Waals surface area contributed by atoms with Gasteiger partial charge in [-0.2, -0.15) is 0 Å². The Morgan fingerprint density at radius 2 is 1.92 bits per heavy atom. The lowest BCUT2D eigenvalue weighted by Crippen LogP contribution is -2.47. The zero-order valence-electron chi connectivity index (χ0n) is 20.2. The molecule has 7 nitrogen and oxygen atoms in total. The molecule has 0 radical (unpaired) electrons. The Morgan fingerprint density at radius 3 is 2.58 bits per heavy atom. The Balaban J connectivity index is 1.44. The molecule has 0 bridgehead atoms. The Kier molecular flexibility index (Phi) is 6.53. The molecule has 0 saturated heterocycles. The minimum Gasteiger partial charge on any atom is -0.489 e. The third-order valence-electron chi connectivity index (χ3n) is 7.07. The van der Waals surface area contributed by atoms with E-state index in [0.717, 1.165) is 29.4 Å². The highest BCUT2D eigenvalue weighted by atomic mass is 16.5. The number of carbonyl (C=O) groups is 1. The summed E-state index contributed by atoms with van der Waals surface area (Å²) < 4.78 is 23.0. The number of hydrogen-bond acceptors (Lipinski definition) is 6. The molecule has 0 unspecified atom stereocenters. The van der Waals surface area contributed by atoms with Gasteiger partial charge in [-0.25, -0.2) is 4.79 Å². The second-order valence-corrected chi connectivity index (χ2v) is 9.05. The van der Waals surface area contributed by atoms with Gasteiger partial charge in [0.05, 0.1) is 30.1 Å². The summed E-state index contributed by atoms with van der Waals surface area (Å²) in [6.45, 7) is -0.0747. The molecule has 0 aliphatic heterocycles. The van der Waals surface area contributed by atoms with Crippen molar-refractivity contribution in [3.8, 4) is 17.1 Å². The molecule has 2 N–H and O–H groups in total. The lowest BCUT2D eigenvalue weighted by atomic mass is 9.72. The Hall–Kier alpha value is -3.65. The zero-order valence-corrected chi connectivity index (χ0v) is 20.2. The van der Waals surface area contributed by atoms with Crippen LogP contribution in [0.4, 0.5) is 0 Å². The number of benzene rings is 3. The minimum atomic E-state index is -1.12. The van der Waals surface area contributed by atoms with Gasteiger partial charge < -0.3 is 28.8 Å². The average Bonchev–Trinajstić information content (AvgIpc) is 3.41. The summed E-state index contributed by atoms with van der Waals surface area (Å²) in [5.41, 5.74) is 2.68. The van der Waals surface area contributed by atoms with Gasteiger partial charge in [0, 0.05) is 38.2 Å². The van der Waals surface area contributed by atoms with E-state index < -0.39 is 12.6 Å². The van der Waals surface area contributed by atoms with E-state index in [1.54, 1.807) is 32.4 Å². The smallest absolute Gasteiger partial charge is 0.336 e. The lowest BCUT2D eigenvalue weighted by molar-refractivity contribution is -0.154. The number of aliphatic hydroxyl groups excluding tert-OH is 1. The number of methoxy groups -OCH3 is 2. The molecule has 1 fully saturated rings. The quantitative estimate of drug-likeness (QED) is 0.320. The maximum atomic E-state index is 12.0. The number of aliphatic hydroxyl groups is 1. The van der Waals surface area contributed by atoms with E-state index in [-0.39, 0.29) is 17.3 Å². The fourth-order valence-electron chi connectivity index (χ4n) is 5.05. The second-order valence-electron chi connectivity index (χ2n) is 9.05. The van der Waals surface area contributed by atoms with Gasteiger partial charge >= 0.3 is 5.97 Å². The van der Waals surface area contributed by atoms with Crippen LogP contribution < -0.4 is 4.74 Å². The predicted octanol–water partition coefficient (Wildman–Crippen LogP) is 5.52. The fourth-order valence-corrected chi connectivity index (χ4v) is 5.05. The average molecular weight is 489 g/mol. The van der Waals surface area contributed by atoms with Crippen molar-refractivity contribution in [2.24, 2.45) is 0 Å². The number of fused-ring (bicyclic) bond motifs is 1. The van der Waals surface area contributed by atoms with Crippen molar-refractivity contribution >= 4 is 16.7 Å². The Morgan fingerprint density at radius 1 is 1.08 bits per heavy atom. The second kappa shape index (κ2) is 9.78. The van der Waals surface area contributed by atoms with E-state index in [1.807, 2.05) is 30.3 Å². The van der Waals surface area contributed by atoms with E-state index in [0.29, 0.717) is 34.6 Å². The van der Waals surface area contributed by atoms with E-state index >= 15 is 0 Å². The zero-order chi connectivity index (χ0) is 25.3. The largest absolute Gasteiger partial charge is 0.489 e. The molecule has 1 aliphatic rings. The number of carboxylic acids is 1. The predicted molar refractivity (Wildman–Crippen MR) is 134 cm³/mol. The first-order valence-electron chi connectivity index (χ1n) is 11.8. The van der Waals surface area contributed by atoms with Crippen LogP contribution in [-0.4, -0.2) is 36.5 Å². The molecule has 1 aromatic heterocycles. The first kappa shape index (κ1) is 24.1. The van der Waals surface area contributed by atoms with E-state index in [1.165, 1.54) is 6.26 Å². The number of ether oxygens (including phenoxy) is 3. The number of aromatic carboxylic acids is 1. The molecule has 0 amide bonds. The molecule has 1 heterocycles. The fraction of sp³-hybridized carbons (Fsp3) is 0.276. The molecule has 186 valence electrons. The van der Waals surface area contributed by atoms with Gasteiger partial charge in [-0.05, 0) is 64.4 Å². The number of hydrogen-bond donors (Lipinski definition) is 2. The lowest BCUT2D eigenvalue weighted by Gasteiger charge is -2.46. The molecule has 1 aliphatic carbocycles. The molecule has 0 atom stereocenters. The summed E-state index contributed by atoms with van der Waals surface area (Å²) in [5, 5.41) is 21.2. The summed E-state index contributed by atoms with van der Waals surface area (Å²) in [4.78, 5) is 12.0. The van der Waals surface area contributed by atoms with Gasteiger partial charge in [0.2, 0.25) is 0 Å². The molecule has 7 heteroatoms. The summed E-state index contributed by atoms with van der Waals surface area (Å²) >= 11 is 0. The van der Waals surface area contributed by atoms with Crippen LogP contribution >= 0.6 is 0 Å². The van der Waals surface area contributed by atoms with Crippen LogP contribution in [0.2, 0.25) is 0 Å². The molecule has 3 aromatic carbocycles. The van der Waals surface area contributed by atoms with Crippen LogP contribution in [0.1, 0.15) is 39.9 Å². The Labute approximate surface area is 208 Å². The van der Waals surface area contributed by atoms with E-state index in [9.17, 15) is 15.0 Å². The number of carboxylic acid groups (broad SMARTS) is 1. The van der Waals surface area contributed by atoms with Crippen molar-refractivity contribution in [2.45, 2.75) is 37.8 Å². The molecule has 36 heavy (non-hydrogen) atoms. The van der Waals surface area contributed by atoms with Crippen LogP contribution in [0.3, 0.4) is 0 Å². The SMILES string of the molecule is COC1CC(OC)(c2cccc(COc3ccc4c(-c5ccco5)c(CO)c(C(=O)O)cc4c3)c2)C1. The summed E-state index contributed by atoms with van der Waals surface area (Å²) in [5.74, 6) is -0.0111. The Bertz CT molecular complexity index is 1380. The third kappa shape index (κ3) is 4.26. The summed E-state index contributed by atoms with van der Waals surface area (Å²) in [7, 11) is 3.45. The maximum Gasteiger partial charge on any atom is 0.336 e. The van der Waals surface area contributed by atoms with Gasteiger partial charge in [0.25, 0.3) is 0 Å². The van der Waals surface area contributed by atoms with Gasteiger partial charge in [0.1, 0.15) is 18.1 Å². The van der Waals surface area contributed by atoms with Crippen LogP contribution in [-0.2, 0) is 28.3 Å².